The molecule has 0 saturated carbocycles. The van der Waals surface area contributed by atoms with Crippen molar-refractivity contribution in [3.8, 4) is 0 Å². The van der Waals surface area contributed by atoms with E-state index in [0.717, 1.165) is 13.1 Å². The minimum atomic E-state index is 0.316. The Morgan fingerprint density at radius 2 is 1.88 bits per heavy atom. The summed E-state index contributed by atoms with van der Waals surface area (Å²) >= 11 is 1.95. The maximum atomic E-state index is 3.55. The normalized spacial score (nSPS) is 16.2. The van der Waals surface area contributed by atoms with Crippen molar-refractivity contribution in [1.29, 1.82) is 0 Å². The van der Waals surface area contributed by atoms with Gasteiger partial charge in [0.25, 0.3) is 0 Å². The molecule has 0 bridgehead atoms. The van der Waals surface area contributed by atoms with Gasteiger partial charge in [0.1, 0.15) is 0 Å². The zero-order valence-corrected chi connectivity index (χ0v) is 13.7. The fourth-order valence-corrected chi connectivity index (χ4v) is 3.12. The standard InChI is InChI=1S/C14H32N2S/c1-8-13(10-17-7)16(6)11-14(4,5)12(3)15-9-2/h12-13,15H,8-11H2,1-7H3. The maximum absolute atomic E-state index is 3.55. The molecule has 0 aromatic heterocycles. The van der Waals surface area contributed by atoms with E-state index in [2.05, 4.69) is 58.1 Å². The van der Waals surface area contributed by atoms with Gasteiger partial charge < -0.3 is 10.2 Å². The lowest BCUT2D eigenvalue weighted by atomic mass is 9.84. The van der Waals surface area contributed by atoms with Crippen LogP contribution in [0.3, 0.4) is 0 Å². The van der Waals surface area contributed by atoms with Crippen LogP contribution in [0.15, 0.2) is 0 Å². The predicted molar refractivity (Wildman–Crippen MR) is 82.0 cm³/mol. The fraction of sp³-hybridized carbons (Fsp3) is 1.00. The first-order chi connectivity index (χ1) is 7.88. The third-order valence-corrected chi connectivity index (χ3v) is 4.51. The lowest BCUT2D eigenvalue weighted by Crippen LogP contribution is -2.48. The minimum Gasteiger partial charge on any atom is -0.314 e. The van der Waals surface area contributed by atoms with E-state index in [0.29, 0.717) is 17.5 Å². The molecule has 0 fully saturated rings. The van der Waals surface area contributed by atoms with E-state index in [4.69, 9.17) is 0 Å². The molecule has 0 aliphatic carbocycles. The largest absolute Gasteiger partial charge is 0.314 e. The van der Waals surface area contributed by atoms with Gasteiger partial charge in [-0.3, -0.25) is 0 Å². The second-order valence-electron chi connectivity index (χ2n) is 5.70. The number of thioether (sulfide) groups is 1. The molecular formula is C14H32N2S. The molecule has 0 rings (SSSR count). The van der Waals surface area contributed by atoms with Crippen molar-refractivity contribution in [2.45, 2.75) is 53.1 Å². The molecule has 2 unspecified atom stereocenters. The minimum absolute atomic E-state index is 0.316. The van der Waals surface area contributed by atoms with Gasteiger partial charge in [-0.05, 0) is 38.6 Å². The number of nitrogens with zero attached hydrogens (tertiary/aromatic N) is 1. The summed E-state index contributed by atoms with van der Waals surface area (Å²) in [6.45, 7) is 13.7. The van der Waals surface area contributed by atoms with Crippen molar-refractivity contribution in [3.63, 3.8) is 0 Å². The van der Waals surface area contributed by atoms with Crippen molar-refractivity contribution in [3.05, 3.63) is 0 Å². The van der Waals surface area contributed by atoms with E-state index in [-0.39, 0.29) is 0 Å². The third-order valence-electron chi connectivity index (χ3n) is 3.79. The number of rotatable bonds is 9. The Morgan fingerprint density at radius 1 is 1.29 bits per heavy atom. The predicted octanol–water partition coefficient (Wildman–Crippen LogP) is 3.08. The highest BCUT2D eigenvalue weighted by atomic mass is 32.2. The van der Waals surface area contributed by atoms with Crippen LogP contribution in [0.1, 0.15) is 41.0 Å². The molecule has 104 valence electrons. The summed E-state index contributed by atoms with van der Waals surface area (Å²) in [5, 5.41) is 3.55. The van der Waals surface area contributed by atoms with Crippen LogP contribution in [0.25, 0.3) is 0 Å². The van der Waals surface area contributed by atoms with Crippen LogP contribution in [0.5, 0.6) is 0 Å². The lowest BCUT2D eigenvalue weighted by Gasteiger charge is -2.39. The van der Waals surface area contributed by atoms with Crippen LogP contribution >= 0.6 is 11.8 Å². The van der Waals surface area contributed by atoms with E-state index in [1.807, 2.05) is 11.8 Å². The van der Waals surface area contributed by atoms with Crippen LogP contribution < -0.4 is 5.32 Å². The molecule has 0 aromatic rings. The molecule has 3 heteroatoms. The molecular weight excluding hydrogens is 228 g/mol. The van der Waals surface area contributed by atoms with E-state index in [1.165, 1.54) is 12.2 Å². The molecule has 2 nitrogen and oxygen atoms in total. The van der Waals surface area contributed by atoms with Crippen molar-refractivity contribution < 1.29 is 0 Å². The van der Waals surface area contributed by atoms with Gasteiger partial charge in [-0.2, -0.15) is 11.8 Å². The van der Waals surface area contributed by atoms with Gasteiger partial charge in [0.15, 0.2) is 0 Å². The Balaban J connectivity index is 4.36. The van der Waals surface area contributed by atoms with Gasteiger partial charge in [0, 0.05) is 24.4 Å². The Labute approximate surface area is 113 Å². The van der Waals surface area contributed by atoms with E-state index >= 15 is 0 Å². The van der Waals surface area contributed by atoms with E-state index < -0.39 is 0 Å². The molecule has 2 atom stereocenters. The van der Waals surface area contributed by atoms with Crippen molar-refractivity contribution in [1.82, 2.24) is 10.2 Å². The van der Waals surface area contributed by atoms with E-state index in [9.17, 15) is 0 Å². The summed E-state index contributed by atoms with van der Waals surface area (Å²) in [5.41, 5.74) is 0.316. The van der Waals surface area contributed by atoms with Crippen LogP contribution in [0.4, 0.5) is 0 Å². The van der Waals surface area contributed by atoms with Gasteiger partial charge in [-0.25, -0.2) is 0 Å². The second kappa shape index (κ2) is 8.39. The van der Waals surface area contributed by atoms with E-state index in [1.54, 1.807) is 0 Å². The zero-order chi connectivity index (χ0) is 13.5. The summed E-state index contributed by atoms with van der Waals surface area (Å²) < 4.78 is 0. The van der Waals surface area contributed by atoms with Gasteiger partial charge in [0.2, 0.25) is 0 Å². The lowest BCUT2D eigenvalue weighted by molar-refractivity contribution is 0.136. The summed E-state index contributed by atoms with van der Waals surface area (Å²) in [7, 11) is 2.27. The van der Waals surface area contributed by atoms with Gasteiger partial charge in [0.05, 0.1) is 0 Å². The zero-order valence-electron chi connectivity index (χ0n) is 12.8. The van der Waals surface area contributed by atoms with Gasteiger partial charge in [-0.1, -0.05) is 27.7 Å². The van der Waals surface area contributed by atoms with Crippen LogP contribution in [0.2, 0.25) is 0 Å². The molecule has 0 aliphatic heterocycles. The highest BCUT2D eigenvalue weighted by molar-refractivity contribution is 7.98. The average molecular weight is 260 g/mol. The first-order valence-electron chi connectivity index (χ1n) is 6.81. The summed E-state index contributed by atoms with van der Waals surface area (Å²) in [6.07, 6.45) is 3.44. The molecule has 0 heterocycles. The fourth-order valence-electron chi connectivity index (χ4n) is 2.24. The molecule has 0 aliphatic rings. The van der Waals surface area contributed by atoms with Gasteiger partial charge in [-0.15, -0.1) is 0 Å². The van der Waals surface area contributed by atoms with Gasteiger partial charge >= 0.3 is 0 Å². The first kappa shape index (κ1) is 17.3. The monoisotopic (exact) mass is 260 g/mol. The second-order valence-corrected chi connectivity index (χ2v) is 6.61. The number of hydrogen-bond acceptors (Lipinski definition) is 3. The highest BCUT2D eigenvalue weighted by Crippen LogP contribution is 2.23. The van der Waals surface area contributed by atoms with Crippen LogP contribution in [0, 0.1) is 5.41 Å². The molecule has 0 amide bonds. The summed E-state index contributed by atoms with van der Waals surface area (Å²) in [4.78, 5) is 2.53. The summed E-state index contributed by atoms with van der Waals surface area (Å²) in [6, 6.07) is 1.26. The average Bonchev–Trinajstić information content (AvgIpc) is 2.25. The Hall–Kier alpha value is 0.270. The number of nitrogens with one attached hydrogen (secondary N) is 1. The quantitative estimate of drug-likeness (QED) is 0.686. The molecule has 1 N–H and O–H groups in total. The van der Waals surface area contributed by atoms with Crippen molar-refractivity contribution in [2.24, 2.45) is 5.41 Å². The Bertz CT molecular complexity index is 195. The maximum Gasteiger partial charge on any atom is 0.0180 e. The SMILES string of the molecule is CCNC(C)C(C)(C)CN(C)C(CC)CSC. The molecule has 0 radical (unpaired) electrons. The van der Waals surface area contributed by atoms with Crippen molar-refractivity contribution in [2.75, 3.05) is 32.1 Å². The van der Waals surface area contributed by atoms with Crippen LogP contribution in [-0.4, -0.2) is 49.1 Å². The van der Waals surface area contributed by atoms with Crippen LogP contribution in [-0.2, 0) is 0 Å². The number of hydrogen-bond donors (Lipinski definition) is 1. The Kier molecular flexibility index (Phi) is 8.52. The highest BCUT2D eigenvalue weighted by Gasteiger charge is 2.28. The smallest absolute Gasteiger partial charge is 0.0180 e. The molecule has 0 aromatic carbocycles. The first-order valence-corrected chi connectivity index (χ1v) is 8.20. The summed E-state index contributed by atoms with van der Waals surface area (Å²) in [5.74, 6) is 1.23. The Morgan fingerprint density at radius 3 is 2.29 bits per heavy atom. The molecule has 0 spiro atoms. The van der Waals surface area contributed by atoms with Crippen molar-refractivity contribution >= 4 is 11.8 Å². The topological polar surface area (TPSA) is 15.3 Å². The molecule has 0 saturated heterocycles. The third kappa shape index (κ3) is 6.12. The molecule has 17 heavy (non-hydrogen) atoms.